The molecule has 6 heavy (non-hydrogen) atoms. The van der Waals surface area contributed by atoms with Crippen LogP contribution >= 0.6 is 0 Å². The molecular formula is C3H8O2Se. The van der Waals surface area contributed by atoms with Crippen molar-refractivity contribution in [2.24, 2.45) is 0 Å². The first-order valence-corrected chi connectivity index (χ1v) is 6.06. The molecule has 0 bridgehead atoms. The molecule has 0 N–H and O–H groups in total. The van der Waals surface area contributed by atoms with Gasteiger partial charge in [-0.25, -0.2) is 0 Å². The molecule has 0 aliphatic rings. The van der Waals surface area contributed by atoms with Crippen LogP contribution in [0.1, 0.15) is 6.92 Å². The van der Waals surface area contributed by atoms with Crippen molar-refractivity contribution in [1.29, 1.82) is 0 Å². The second-order valence-corrected chi connectivity index (χ2v) is 6.31. The molecule has 0 unspecified atom stereocenters. The summed E-state index contributed by atoms with van der Waals surface area (Å²) in [6.07, 6.45) is 0. The van der Waals surface area contributed by atoms with Gasteiger partial charge in [0.15, 0.2) is 0 Å². The van der Waals surface area contributed by atoms with Gasteiger partial charge in [0.05, 0.1) is 0 Å². The van der Waals surface area contributed by atoms with E-state index in [1.807, 2.05) is 0 Å². The molecule has 0 fully saturated rings. The molecule has 0 heterocycles. The van der Waals surface area contributed by atoms with Gasteiger partial charge in [-0.3, -0.25) is 0 Å². The Labute approximate surface area is 39.2 Å². The minimum absolute atomic E-state index is 0.316. The maximum atomic E-state index is 10.1. The molecule has 0 aliphatic heterocycles. The van der Waals surface area contributed by atoms with E-state index in [0.717, 1.165) is 0 Å². The first-order chi connectivity index (χ1) is 2.56. The predicted molar refractivity (Wildman–Crippen MR) is 23.5 cm³/mol. The van der Waals surface area contributed by atoms with Crippen LogP contribution < -0.4 is 0 Å². The van der Waals surface area contributed by atoms with Crippen molar-refractivity contribution in [3.05, 3.63) is 0 Å². The molecule has 0 aromatic heterocycles. The first-order valence-electron chi connectivity index (χ1n) is 1.74. The summed E-state index contributed by atoms with van der Waals surface area (Å²) in [7, 11) is 0. The molecule has 38 valence electrons. The predicted octanol–water partition coefficient (Wildman–Crippen LogP) is 0.939. The molecule has 0 rings (SSSR count). The van der Waals surface area contributed by atoms with Gasteiger partial charge in [0, 0.05) is 0 Å². The van der Waals surface area contributed by atoms with Crippen molar-refractivity contribution in [1.82, 2.24) is 0 Å². The van der Waals surface area contributed by atoms with Crippen LogP contribution in [-0.2, 0) is 7.67 Å². The van der Waals surface area contributed by atoms with Crippen LogP contribution in [0.2, 0.25) is 11.1 Å². The van der Waals surface area contributed by atoms with Crippen LogP contribution in [0.3, 0.4) is 0 Å². The molecular weight excluding hydrogens is 147 g/mol. The molecule has 0 aliphatic carbocycles. The number of hydrogen-bond donors (Lipinski definition) is 0. The van der Waals surface area contributed by atoms with Gasteiger partial charge in [-0.1, -0.05) is 0 Å². The Morgan fingerprint density at radius 1 is 1.50 bits per heavy atom. The van der Waals surface area contributed by atoms with E-state index >= 15 is 0 Å². The SMILES string of the molecule is CC[Se](C)(=O)=O. The Morgan fingerprint density at radius 2 is 1.67 bits per heavy atom. The Kier molecular flexibility index (Phi) is 1.75. The van der Waals surface area contributed by atoms with Crippen LogP contribution in [0.4, 0.5) is 0 Å². The average molecular weight is 155 g/mol. The van der Waals surface area contributed by atoms with E-state index in [1.54, 1.807) is 6.92 Å². The van der Waals surface area contributed by atoms with Crippen LogP contribution in [0.5, 0.6) is 0 Å². The summed E-state index contributed by atoms with van der Waals surface area (Å²) in [5.74, 6) is 1.29. The molecule has 0 saturated heterocycles. The summed E-state index contributed by atoms with van der Waals surface area (Å²) in [6, 6.07) is 0. The molecule has 0 saturated carbocycles. The fourth-order valence-electron chi connectivity index (χ4n) is 0. The third-order valence-corrected chi connectivity index (χ3v) is 2.72. The maximum absolute atomic E-state index is 10.1. The van der Waals surface area contributed by atoms with Crippen molar-refractivity contribution >= 4 is 12.7 Å². The van der Waals surface area contributed by atoms with Crippen molar-refractivity contribution in [3.8, 4) is 0 Å². The van der Waals surface area contributed by atoms with Crippen molar-refractivity contribution < 1.29 is 7.67 Å². The fraction of sp³-hybridized carbons (Fsp3) is 1.00. The van der Waals surface area contributed by atoms with E-state index in [-0.39, 0.29) is 0 Å². The van der Waals surface area contributed by atoms with Gasteiger partial charge >= 0.3 is 38.4 Å². The van der Waals surface area contributed by atoms with E-state index in [4.69, 9.17) is 0 Å². The molecule has 0 spiro atoms. The van der Waals surface area contributed by atoms with Crippen molar-refractivity contribution in [3.63, 3.8) is 0 Å². The van der Waals surface area contributed by atoms with E-state index < -0.39 is 12.7 Å². The number of hydrogen-bond acceptors (Lipinski definition) is 2. The molecule has 0 atom stereocenters. The van der Waals surface area contributed by atoms with E-state index in [9.17, 15) is 7.67 Å². The zero-order chi connectivity index (χ0) is 5.21. The Balaban J connectivity index is 3.85. The molecule has 0 aromatic carbocycles. The summed E-state index contributed by atoms with van der Waals surface area (Å²) in [6.45, 7) is 1.65. The summed E-state index contributed by atoms with van der Waals surface area (Å²) < 4.78 is 20.1. The Morgan fingerprint density at radius 3 is 1.67 bits per heavy atom. The van der Waals surface area contributed by atoms with Crippen molar-refractivity contribution in [2.45, 2.75) is 18.1 Å². The fourth-order valence-corrected chi connectivity index (χ4v) is 0. The van der Waals surface area contributed by atoms with E-state index in [1.165, 1.54) is 5.82 Å². The molecule has 3 heteroatoms. The molecule has 0 aromatic rings. The van der Waals surface area contributed by atoms with E-state index in [0.29, 0.717) is 5.32 Å². The van der Waals surface area contributed by atoms with Crippen LogP contribution in [0, 0.1) is 0 Å². The summed E-state index contributed by atoms with van der Waals surface area (Å²) in [4.78, 5) is 0. The summed E-state index contributed by atoms with van der Waals surface area (Å²) in [5.41, 5.74) is 0. The van der Waals surface area contributed by atoms with Gasteiger partial charge in [0.1, 0.15) is 0 Å². The molecule has 2 nitrogen and oxygen atoms in total. The van der Waals surface area contributed by atoms with Gasteiger partial charge in [-0.05, 0) is 0 Å². The van der Waals surface area contributed by atoms with Gasteiger partial charge in [-0.2, -0.15) is 0 Å². The van der Waals surface area contributed by atoms with Crippen LogP contribution in [0.25, 0.3) is 0 Å². The molecule has 0 amide bonds. The zero-order valence-corrected chi connectivity index (χ0v) is 5.64. The van der Waals surface area contributed by atoms with Crippen LogP contribution in [0.15, 0.2) is 0 Å². The number of rotatable bonds is 1. The zero-order valence-electron chi connectivity index (χ0n) is 3.93. The summed E-state index contributed by atoms with van der Waals surface area (Å²) >= 11 is -3.28. The van der Waals surface area contributed by atoms with Crippen LogP contribution in [-0.4, -0.2) is 12.7 Å². The normalized spacial score (nSPS) is 11.7. The summed E-state index contributed by atoms with van der Waals surface area (Å²) in [5, 5.41) is 0.316. The third kappa shape index (κ3) is 4.12. The first kappa shape index (κ1) is 6.12. The third-order valence-electron chi connectivity index (χ3n) is 0.524. The molecule has 0 radical (unpaired) electrons. The second kappa shape index (κ2) is 1.71. The average Bonchev–Trinajstić information content (AvgIpc) is 1.35. The minimum atomic E-state index is -3.28. The Bertz CT molecular complexity index is 111. The quantitative estimate of drug-likeness (QED) is 0.528. The van der Waals surface area contributed by atoms with Gasteiger partial charge in [0.2, 0.25) is 0 Å². The Hall–Kier alpha value is 0.119. The van der Waals surface area contributed by atoms with Gasteiger partial charge < -0.3 is 0 Å². The van der Waals surface area contributed by atoms with Crippen molar-refractivity contribution in [2.75, 3.05) is 0 Å². The second-order valence-electron chi connectivity index (χ2n) is 1.21. The topological polar surface area (TPSA) is 34.1 Å². The standard InChI is InChI=1S/C3H8O2Se/c1-3-6(2,4)5/h3H2,1-2H3. The monoisotopic (exact) mass is 156 g/mol. The van der Waals surface area contributed by atoms with Gasteiger partial charge in [0.25, 0.3) is 0 Å². The van der Waals surface area contributed by atoms with E-state index in [2.05, 4.69) is 0 Å². The van der Waals surface area contributed by atoms with Gasteiger partial charge in [-0.15, -0.1) is 0 Å².